The average Bonchev–Trinajstić information content (AvgIpc) is 2.84. The standard InChI is InChI=1S/C29H42ClO4P.Li.H/c1-5-8-11-17-32-23-20-25(33-18-12-9-6-2)28(26(21-23)34-19-13-10-7-3)35-29(31)27-22(4)15-14-16-24(27)30;;/h14-16,20-21,35H,5-13,17-19H2,1-4H3;;/q;+1;-1. The summed E-state index contributed by atoms with van der Waals surface area (Å²) in [5, 5.41) is 1.28. The number of ether oxygens (including phenoxy) is 3. The van der Waals surface area contributed by atoms with Crippen molar-refractivity contribution in [3.05, 3.63) is 46.5 Å². The van der Waals surface area contributed by atoms with Crippen molar-refractivity contribution in [1.82, 2.24) is 0 Å². The summed E-state index contributed by atoms with van der Waals surface area (Å²) in [6.45, 7) is 10.3. The van der Waals surface area contributed by atoms with Crippen LogP contribution in [0.15, 0.2) is 30.3 Å². The Morgan fingerprint density at radius 3 is 1.81 bits per heavy atom. The van der Waals surface area contributed by atoms with Crippen molar-refractivity contribution in [2.75, 3.05) is 19.8 Å². The van der Waals surface area contributed by atoms with Crippen molar-refractivity contribution >= 4 is 31.0 Å². The molecule has 7 heteroatoms. The Labute approximate surface area is 238 Å². The van der Waals surface area contributed by atoms with Crippen LogP contribution in [0.25, 0.3) is 0 Å². The van der Waals surface area contributed by atoms with Crippen molar-refractivity contribution in [3.8, 4) is 17.2 Å². The number of hydrogen-bond acceptors (Lipinski definition) is 4. The summed E-state index contributed by atoms with van der Waals surface area (Å²) < 4.78 is 18.5. The maximum Gasteiger partial charge on any atom is 1.00 e. The minimum Gasteiger partial charge on any atom is -1.00 e. The molecule has 0 fully saturated rings. The molecular weight excluding hydrogens is 486 g/mol. The van der Waals surface area contributed by atoms with E-state index in [0.29, 0.717) is 41.9 Å². The van der Waals surface area contributed by atoms with Crippen LogP contribution in [-0.2, 0) is 0 Å². The normalized spacial score (nSPS) is 10.9. The molecule has 0 bridgehead atoms. The van der Waals surface area contributed by atoms with Gasteiger partial charge >= 0.3 is 18.9 Å². The third-order valence-electron chi connectivity index (χ3n) is 5.75. The molecule has 0 saturated carbocycles. The average molecular weight is 529 g/mol. The van der Waals surface area contributed by atoms with Crippen molar-refractivity contribution in [2.45, 2.75) is 85.5 Å². The Morgan fingerprint density at radius 1 is 0.833 bits per heavy atom. The van der Waals surface area contributed by atoms with E-state index < -0.39 is 0 Å². The van der Waals surface area contributed by atoms with Gasteiger partial charge in [0.25, 0.3) is 0 Å². The second kappa shape index (κ2) is 19.0. The molecule has 4 nitrogen and oxygen atoms in total. The van der Waals surface area contributed by atoms with Crippen molar-refractivity contribution in [2.24, 2.45) is 0 Å². The topological polar surface area (TPSA) is 44.8 Å². The molecule has 0 aliphatic rings. The van der Waals surface area contributed by atoms with Gasteiger partial charge in [0.15, 0.2) is 5.52 Å². The number of halogens is 1. The zero-order valence-corrected chi connectivity index (χ0v) is 24.6. The van der Waals surface area contributed by atoms with Crippen LogP contribution in [0, 0.1) is 6.92 Å². The maximum atomic E-state index is 13.4. The molecule has 2 aromatic carbocycles. The van der Waals surface area contributed by atoms with Gasteiger partial charge in [0, 0.05) is 17.7 Å². The molecule has 0 amide bonds. The largest absolute Gasteiger partial charge is 1.00 e. The first kappa shape index (κ1) is 32.9. The third-order valence-corrected chi connectivity index (χ3v) is 7.29. The second-order valence-electron chi connectivity index (χ2n) is 8.85. The first-order chi connectivity index (χ1) is 17.0. The molecule has 0 saturated heterocycles. The minimum atomic E-state index is -0.160. The monoisotopic (exact) mass is 528 g/mol. The van der Waals surface area contributed by atoms with Gasteiger partial charge in [0.2, 0.25) is 0 Å². The van der Waals surface area contributed by atoms with Gasteiger partial charge in [-0.25, -0.2) is 0 Å². The number of hydrogen-bond donors (Lipinski definition) is 0. The van der Waals surface area contributed by atoms with Crippen LogP contribution in [0.5, 0.6) is 17.2 Å². The zero-order valence-electron chi connectivity index (χ0n) is 23.9. The molecule has 2 rings (SSSR count). The molecule has 0 aliphatic carbocycles. The number of carbonyl (C=O) groups is 1. The molecule has 0 radical (unpaired) electrons. The van der Waals surface area contributed by atoms with Crippen molar-refractivity contribution in [3.63, 3.8) is 0 Å². The van der Waals surface area contributed by atoms with Gasteiger partial charge in [0.05, 0.1) is 30.1 Å². The van der Waals surface area contributed by atoms with Crippen LogP contribution in [0.2, 0.25) is 5.02 Å². The number of benzene rings is 2. The summed E-state index contributed by atoms with van der Waals surface area (Å²) in [5.41, 5.74) is 1.43. The summed E-state index contributed by atoms with van der Waals surface area (Å²) in [6.07, 6.45) is 9.64. The molecule has 1 unspecified atom stereocenters. The molecule has 36 heavy (non-hydrogen) atoms. The summed E-state index contributed by atoms with van der Waals surface area (Å²) in [7, 11) is -0.160. The number of carbonyl (C=O) groups excluding carboxylic acids is 1. The fourth-order valence-electron chi connectivity index (χ4n) is 3.71. The SMILES string of the molecule is CCCCCOc1cc(OCCCCC)c(PC(=O)c2c(C)cccc2Cl)c(OCCCCC)c1.[H-].[Li+]. The van der Waals surface area contributed by atoms with Crippen molar-refractivity contribution in [1.29, 1.82) is 0 Å². The fourth-order valence-corrected chi connectivity index (χ4v) is 5.31. The molecule has 196 valence electrons. The Morgan fingerprint density at radius 2 is 1.33 bits per heavy atom. The molecule has 0 aromatic heterocycles. The second-order valence-corrected chi connectivity index (χ2v) is 10.5. The van der Waals surface area contributed by atoms with Gasteiger partial charge in [-0.15, -0.1) is 0 Å². The Bertz CT molecular complexity index is 876. The number of rotatable bonds is 18. The van der Waals surface area contributed by atoms with Gasteiger partial charge in [-0.1, -0.05) is 83.0 Å². The quantitative estimate of drug-likeness (QED) is 0.143. The van der Waals surface area contributed by atoms with E-state index in [-0.39, 0.29) is 34.4 Å². The van der Waals surface area contributed by atoms with Gasteiger partial charge in [0.1, 0.15) is 17.2 Å². The predicted molar refractivity (Wildman–Crippen MR) is 151 cm³/mol. The maximum absolute atomic E-state index is 13.4. The Kier molecular flexibility index (Phi) is 17.3. The van der Waals surface area contributed by atoms with Crippen LogP contribution in [0.1, 0.15) is 95.9 Å². The van der Waals surface area contributed by atoms with Gasteiger partial charge in [-0.05, 0) is 46.4 Å². The van der Waals surface area contributed by atoms with E-state index >= 15 is 0 Å². The van der Waals surface area contributed by atoms with Gasteiger partial charge < -0.3 is 15.6 Å². The van der Waals surface area contributed by atoms with Crippen molar-refractivity contribution < 1.29 is 39.3 Å². The third kappa shape index (κ3) is 11.1. The van der Waals surface area contributed by atoms with Crippen LogP contribution in [-0.4, -0.2) is 25.3 Å². The first-order valence-electron chi connectivity index (χ1n) is 13.1. The molecule has 2 aromatic rings. The summed E-state index contributed by atoms with van der Waals surface area (Å²) >= 11 is 6.42. The first-order valence-corrected chi connectivity index (χ1v) is 14.5. The van der Waals surface area contributed by atoms with E-state index in [1.165, 1.54) is 0 Å². The van der Waals surface area contributed by atoms with E-state index in [4.69, 9.17) is 25.8 Å². The van der Waals surface area contributed by atoms with Crippen LogP contribution in [0.3, 0.4) is 0 Å². The molecule has 0 aliphatic heterocycles. The van der Waals surface area contributed by atoms with Crippen LogP contribution >= 0.6 is 20.2 Å². The Hall–Kier alpha value is -1.17. The Balaban J connectivity index is 0.00000648. The molecule has 0 spiro atoms. The van der Waals surface area contributed by atoms with Crippen LogP contribution < -0.4 is 38.4 Å². The summed E-state index contributed by atoms with van der Waals surface area (Å²) in [4.78, 5) is 13.4. The van der Waals surface area contributed by atoms with E-state index in [1.54, 1.807) is 6.07 Å². The zero-order chi connectivity index (χ0) is 25.5. The molecule has 0 heterocycles. The summed E-state index contributed by atoms with van der Waals surface area (Å²) in [5.74, 6) is 2.08. The fraction of sp³-hybridized carbons (Fsp3) is 0.552. The number of unbranched alkanes of at least 4 members (excludes halogenated alkanes) is 6. The molecule has 1 atom stereocenters. The predicted octanol–water partition coefficient (Wildman–Crippen LogP) is 5.62. The van der Waals surface area contributed by atoms with E-state index in [1.807, 2.05) is 31.2 Å². The van der Waals surface area contributed by atoms with E-state index in [9.17, 15) is 4.79 Å². The summed E-state index contributed by atoms with van der Waals surface area (Å²) in [6, 6.07) is 9.40. The van der Waals surface area contributed by atoms with E-state index in [0.717, 1.165) is 74.4 Å². The van der Waals surface area contributed by atoms with Gasteiger partial charge in [-0.2, -0.15) is 0 Å². The minimum absolute atomic E-state index is 0. The molecule has 0 N–H and O–H groups in total. The number of aryl methyl sites for hydroxylation is 1. The van der Waals surface area contributed by atoms with Crippen LogP contribution in [0.4, 0.5) is 0 Å². The smallest absolute Gasteiger partial charge is 1.00 e. The van der Waals surface area contributed by atoms with E-state index in [2.05, 4.69) is 20.8 Å². The molecular formula is C29H43ClLiO4P. The van der Waals surface area contributed by atoms with Gasteiger partial charge in [-0.3, -0.25) is 4.79 Å².